The molecule has 1 N–H and O–H groups in total. The predicted octanol–water partition coefficient (Wildman–Crippen LogP) is 4.95. The fourth-order valence-corrected chi connectivity index (χ4v) is 2.26. The van der Waals surface area contributed by atoms with E-state index in [2.05, 4.69) is 39.9 Å². The van der Waals surface area contributed by atoms with Crippen LogP contribution in [0.1, 0.15) is 59.1 Å². The summed E-state index contributed by atoms with van der Waals surface area (Å²) in [5.74, 6) is 0.551. The molecule has 0 heterocycles. The van der Waals surface area contributed by atoms with Crippen molar-refractivity contribution in [2.24, 2.45) is 11.3 Å². The Hall–Kier alpha value is -1.09. The molecule has 0 amide bonds. The van der Waals surface area contributed by atoms with Crippen molar-refractivity contribution in [2.75, 3.05) is 13.7 Å². The Kier molecular flexibility index (Phi) is 6.66. The summed E-state index contributed by atoms with van der Waals surface area (Å²) in [7, 11) is 1.49. The van der Waals surface area contributed by atoms with Gasteiger partial charge in [-0.25, -0.2) is 4.39 Å². The van der Waals surface area contributed by atoms with Gasteiger partial charge in [0.25, 0.3) is 0 Å². The Bertz CT molecular complexity index is 439. The highest BCUT2D eigenvalue weighted by atomic mass is 19.1. The number of hydrogen-bond acceptors (Lipinski definition) is 2. The summed E-state index contributed by atoms with van der Waals surface area (Å²) in [6.45, 7) is 12.1. The van der Waals surface area contributed by atoms with Gasteiger partial charge in [-0.2, -0.15) is 0 Å². The largest absolute Gasteiger partial charge is 0.494 e. The Morgan fingerprint density at radius 1 is 1.29 bits per heavy atom. The summed E-state index contributed by atoms with van der Waals surface area (Å²) in [5.41, 5.74) is 1.25. The second-order valence-corrected chi connectivity index (χ2v) is 6.90. The van der Waals surface area contributed by atoms with Gasteiger partial charge < -0.3 is 10.1 Å². The van der Waals surface area contributed by atoms with Gasteiger partial charge in [0.1, 0.15) is 0 Å². The number of benzene rings is 1. The van der Waals surface area contributed by atoms with Gasteiger partial charge >= 0.3 is 0 Å². The van der Waals surface area contributed by atoms with Crippen molar-refractivity contribution in [3.63, 3.8) is 0 Å². The van der Waals surface area contributed by atoms with Gasteiger partial charge in [-0.05, 0) is 48.4 Å². The lowest BCUT2D eigenvalue weighted by Crippen LogP contribution is -2.28. The molecule has 0 radical (unpaired) electrons. The maximum Gasteiger partial charge on any atom is 0.165 e. The van der Waals surface area contributed by atoms with Crippen LogP contribution < -0.4 is 10.1 Å². The summed E-state index contributed by atoms with van der Waals surface area (Å²) in [6, 6.07) is 5.46. The maximum atomic E-state index is 14.0. The predicted molar refractivity (Wildman–Crippen MR) is 87.2 cm³/mol. The van der Waals surface area contributed by atoms with Crippen LogP contribution in [0.4, 0.5) is 4.39 Å². The molecule has 21 heavy (non-hydrogen) atoms. The van der Waals surface area contributed by atoms with Gasteiger partial charge in [-0.1, -0.05) is 40.7 Å². The Balaban J connectivity index is 2.93. The van der Waals surface area contributed by atoms with Crippen molar-refractivity contribution in [1.82, 2.24) is 5.32 Å². The van der Waals surface area contributed by atoms with E-state index in [9.17, 15) is 4.39 Å². The molecule has 0 aromatic heterocycles. The van der Waals surface area contributed by atoms with Crippen molar-refractivity contribution in [3.8, 4) is 5.75 Å². The molecule has 0 aliphatic carbocycles. The van der Waals surface area contributed by atoms with Gasteiger partial charge in [-0.15, -0.1) is 0 Å². The summed E-state index contributed by atoms with van der Waals surface area (Å²) in [5, 5.41) is 3.55. The summed E-state index contributed by atoms with van der Waals surface area (Å²) < 4.78 is 19.0. The normalized spacial score (nSPS) is 14.8. The van der Waals surface area contributed by atoms with E-state index in [1.54, 1.807) is 12.1 Å². The van der Waals surface area contributed by atoms with Gasteiger partial charge in [0.2, 0.25) is 0 Å². The molecule has 3 heteroatoms. The molecule has 2 nitrogen and oxygen atoms in total. The van der Waals surface area contributed by atoms with E-state index in [-0.39, 0.29) is 17.3 Å². The summed E-state index contributed by atoms with van der Waals surface area (Å²) in [6.07, 6.45) is 2.06. The van der Waals surface area contributed by atoms with E-state index in [1.807, 2.05) is 6.07 Å². The topological polar surface area (TPSA) is 21.3 Å². The fourth-order valence-electron chi connectivity index (χ4n) is 2.26. The standard InChI is InChI=1S/C18H30FNO/c1-7-10-20-16(11-13(2)18(3,4)5)14-8-9-17(21-6)15(19)12-14/h8-9,12-13,16,20H,7,10-11H2,1-6H3. The first-order valence-corrected chi connectivity index (χ1v) is 7.86. The van der Waals surface area contributed by atoms with Crippen LogP contribution in [0.5, 0.6) is 5.75 Å². The molecule has 0 saturated carbocycles. The number of hydrogen-bond donors (Lipinski definition) is 1. The first-order chi connectivity index (χ1) is 9.79. The molecule has 0 bridgehead atoms. The van der Waals surface area contributed by atoms with Crippen molar-refractivity contribution >= 4 is 0 Å². The zero-order valence-electron chi connectivity index (χ0n) is 14.3. The van der Waals surface area contributed by atoms with Gasteiger partial charge in [0.05, 0.1) is 7.11 Å². The summed E-state index contributed by atoms with van der Waals surface area (Å²) >= 11 is 0. The molecule has 120 valence electrons. The fraction of sp³-hybridized carbons (Fsp3) is 0.667. The molecule has 1 rings (SSSR count). The number of nitrogens with one attached hydrogen (secondary N) is 1. The SMILES string of the molecule is CCCNC(CC(C)C(C)(C)C)c1ccc(OC)c(F)c1. The molecule has 2 atom stereocenters. The minimum absolute atomic E-state index is 0.180. The molecule has 0 fully saturated rings. The highest BCUT2D eigenvalue weighted by Gasteiger charge is 2.24. The van der Waals surface area contributed by atoms with E-state index in [0.717, 1.165) is 24.9 Å². The number of ether oxygens (including phenoxy) is 1. The van der Waals surface area contributed by atoms with E-state index >= 15 is 0 Å². The minimum atomic E-state index is -0.290. The lowest BCUT2D eigenvalue weighted by molar-refractivity contribution is 0.223. The quantitative estimate of drug-likeness (QED) is 0.768. The van der Waals surface area contributed by atoms with Crippen LogP contribution in [0.3, 0.4) is 0 Å². The van der Waals surface area contributed by atoms with Crippen molar-refractivity contribution in [2.45, 2.75) is 53.5 Å². The Morgan fingerprint density at radius 2 is 1.95 bits per heavy atom. The van der Waals surface area contributed by atoms with E-state index in [0.29, 0.717) is 11.7 Å². The lowest BCUT2D eigenvalue weighted by Gasteiger charge is -2.31. The first kappa shape index (κ1) is 18.0. The van der Waals surface area contributed by atoms with Crippen LogP contribution in [-0.4, -0.2) is 13.7 Å². The van der Waals surface area contributed by atoms with Crippen LogP contribution >= 0.6 is 0 Å². The minimum Gasteiger partial charge on any atom is -0.494 e. The molecule has 0 aliphatic rings. The average molecular weight is 295 g/mol. The molecule has 1 aromatic carbocycles. The van der Waals surface area contributed by atoms with Crippen LogP contribution in [-0.2, 0) is 0 Å². The molecule has 0 aliphatic heterocycles. The molecular formula is C18H30FNO. The van der Waals surface area contributed by atoms with Crippen LogP contribution in [0.25, 0.3) is 0 Å². The van der Waals surface area contributed by atoms with Crippen molar-refractivity contribution in [3.05, 3.63) is 29.6 Å². The van der Waals surface area contributed by atoms with E-state index in [1.165, 1.54) is 7.11 Å². The van der Waals surface area contributed by atoms with Crippen molar-refractivity contribution < 1.29 is 9.13 Å². The second kappa shape index (κ2) is 7.79. The second-order valence-electron chi connectivity index (χ2n) is 6.90. The number of rotatable bonds is 7. The highest BCUT2D eigenvalue weighted by Crippen LogP contribution is 2.34. The van der Waals surface area contributed by atoms with Gasteiger partial charge in [0.15, 0.2) is 11.6 Å². The Morgan fingerprint density at radius 3 is 2.43 bits per heavy atom. The smallest absolute Gasteiger partial charge is 0.165 e. The molecule has 1 aromatic rings. The zero-order chi connectivity index (χ0) is 16.0. The van der Waals surface area contributed by atoms with Crippen LogP contribution in [0.15, 0.2) is 18.2 Å². The highest BCUT2D eigenvalue weighted by molar-refractivity contribution is 5.31. The molecule has 0 saturated heterocycles. The summed E-state index contributed by atoms with van der Waals surface area (Å²) in [4.78, 5) is 0. The van der Waals surface area contributed by atoms with Crippen LogP contribution in [0, 0.1) is 17.2 Å². The lowest BCUT2D eigenvalue weighted by atomic mass is 9.77. The van der Waals surface area contributed by atoms with Crippen molar-refractivity contribution in [1.29, 1.82) is 0 Å². The average Bonchev–Trinajstić information content (AvgIpc) is 2.42. The zero-order valence-corrected chi connectivity index (χ0v) is 14.3. The maximum absolute atomic E-state index is 14.0. The molecular weight excluding hydrogens is 265 g/mol. The first-order valence-electron chi connectivity index (χ1n) is 7.86. The molecule has 2 unspecified atom stereocenters. The van der Waals surface area contributed by atoms with E-state index < -0.39 is 0 Å². The number of halogens is 1. The van der Waals surface area contributed by atoms with Gasteiger partial charge in [-0.3, -0.25) is 0 Å². The van der Waals surface area contributed by atoms with E-state index in [4.69, 9.17) is 4.74 Å². The Labute approximate surface area is 129 Å². The van der Waals surface area contributed by atoms with Gasteiger partial charge in [0, 0.05) is 6.04 Å². The number of methoxy groups -OCH3 is 1. The van der Waals surface area contributed by atoms with Crippen LogP contribution in [0.2, 0.25) is 0 Å². The third kappa shape index (κ3) is 5.31. The third-order valence-corrected chi connectivity index (χ3v) is 4.29. The molecule has 0 spiro atoms. The monoisotopic (exact) mass is 295 g/mol. The third-order valence-electron chi connectivity index (χ3n) is 4.29.